The zero-order chi connectivity index (χ0) is 9.14. The Bertz CT molecular complexity index is 224. The zero-order valence-corrected chi connectivity index (χ0v) is 6.52. The molecule has 1 aliphatic heterocycles. The lowest BCUT2D eigenvalue weighted by atomic mass is 10.2. The molecule has 0 bridgehead atoms. The standard InChI is InChI=1S/C6H9NO5/c1-4(9)12-6-3-11-7(10)5(6)2-8/h6,8H,2-3H2,1H3. The van der Waals surface area contributed by atoms with Crippen LogP contribution in [0.15, 0.2) is 0 Å². The van der Waals surface area contributed by atoms with E-state index in [0.29, 0.717) is 0 Å². The van der Waals surface area contributed by atoms with Crippen LogP contribution in [0.5, 0.6) is 0 Å². The number of aliphatic hydroxyl groups is 1. The molecular weight excluding hydrogens is 166 g/mol. The van der Waals surface area contributed by atoms with Gasteiger partial charge in [-0.2, -0.15) is 0 Å². The summed E-state index contributed by atoms with van der Waals surface area (Å²) in [6.07, 6.45) is -0.745. The molecule has 0 saturated heterocycles. The molecular formula is C6H9NO5. The molecule has 0 spiro atoms. The molecule has 0 amide bonds. The molecule has 1 unspecified atom stereocenters. The van der Waals surface area contributed by atoms with E-state index in [1.54, 1.807) is 0 Å². The van der Waals surface area contributed by atoms with Crippen LogP contribution in [0.3, 0.4) is 0 Å². The highest BCUT2D eigenvalue weighted by Crippen LogP contribution is 2.05. The van der Waals surface area contributed by atoms with Gasteiger partial charge in [0.1, 0.15) is 13.2 Å². The van der Waals surface area contributed by atoms with Crippen molar-refractivity contribution < 1.29 is 24.4 Å². The molecule has 0 aromatic carbocycles. The molecule has 68 valence electrons. The van der Waals surface area contributed by atoms with Crippen LogP contribution >= 0.6 is 0 Å². The summed E-state index contributed by atoms with van der Waals surface area (Å²) in [7, 11) is 0. The van der Waals surface area contributed by atoms with Gasteiger partial charge in [0.25, 0.3) is 5.71 Å². The molecule has 1 heterocycles. The van der Waals surface area contributed by atoms with Gasteiger partial charge in [-0.15, -0.1) is 0 Å². The summed E-state index contributed by atoms with van der Waals surface area (Å²) >= 11 is 0. The smallest absolute Gasteiger partial charge is 0.303 e. The average Bonchev–Trinajstić information content (AvgIpc) is 2.30. The molecule has 1 aliphatic rings. The summed E-state index contributed by atoms with van der Waals surface area (Å²) in [5.41, 5.74) is 0.0187. The van der Waals surface area contributed by atoms with Crippen molar-refractivity contribution in [3.63, 3.8) is 0 Å². The van der Waals surface area contributed by atoms with Gasteiger partial charge in [-0.1, -0.05) is 0 Å². The number of hydrogen-bond donors (Lipinski definition) is 1. The third kappa shape index (κ3) is 1.65. The molecule has 12 heavy (non-hydrogen) atoms. The topological polar surface area (TPSA) is 81.8 Å². The summed E-state index contributed by atoms with van der Waals surface area (Å²) in [6, 6.07) is 0. The lowest BCUT2D eigenvalue weighted by Gasteiger charge is -2.05. The van der Waals surface area contributed by atoms with Gasteiger partial charge in [-0.05, 0) is 0 Å². The second-order valence-electron chi connectivity index (χ2n) is 2.30. The Balaban J connectivity index is 2.63. The van der Waals surface area contributed by atoms with E-state index in [-0.39, 0.29) is 17.2 Å². The van der Waals surface area contributed by atoms with E-state index in [1.807, 2.05) is 0 Å². The summed E-state index contributed by atoms with van der Waals surface area (Å²) < 4.78 is 4.68. The van der Waals surface area contributed by atoms with Gasteiger partial charge in [0.15, 0.2) is 0 Å². The van der Waals surface area contributed by atoms with Crippen LogP contribution in [-0.4, -0.2) is 41.0 Å². The largest absolute Gasteiger partial charge is 0.450 e. The van der Waals surface area contributed by atoms with E-state index in [1.165, 1.54) is 6.92 Å². The molecule has 0 aromatic rings. The predicted molar refractivity (Wildman–Crippen MR) is 37.2 cm³/mol. The Hall–Kier alpha value is -1.30. The van der Waals surface area contributed by atoms with E-state index >= 15 is 0 Å². The van der Waals surface area contributed by atoms with Gasteiger partial charge >= 0.3 is 5.97 Å². The van der Waals surface area contributed by atoms with Crippen molar-refractivity contribution in [2.45, 2.75) is 13.0 Å². The summed E-state index contributed by atoms with van der Waals surface area (Å²) in [5.74, 6) is -0.509. The van der Waals surface area contributed by atoms with Crippen molar-refractivity contribution in [3.05, 3.63) is 5.21 Å². The first kappa shape index (κ1) is 8.79. The first-order valence-electron chi connectivity index (χ1n) is 3.39. The molecule has 0 aromatic heterocycles. The van der Waals surface area contributed by atoms with Crippen molar-refractivity contribution in [3.8, 4) is 0 Å². The van der Waals surface area contributed by atoms with Crippen LogP contribution in [0.2, 0.25) is 0 Å². The molecule has 0 saturated carbocycles. The first-order chi connectivity index (χ1) is 5.65. The maximum Gasteiger partial charge on any atom is 0.303 e. The number of hydrogen-bond acceptors (Lipinski definition) is 5. The maximum atomic E-state index is 10.7. The van der Waals surface area contributed by atoms with Crippen molar-refractivity contribution in [2.75, 3.05) is 13.2 Å². The highest BCUT2D eigenvalue weighted by Gasteiger charge is 2.33. The minimum absolute atomic E-state index is 0.0187. The second kappa shape index (κ2) is 3.40. The summed E-state index contributed by atoms with van der Waals surface area (Å²) in [6.45, 7) is 0.725. The van der Waals surface area contributed by atoms with Gasteiger partial charge < -0.3 is 14.7 Å². The monoisotopic (exact) mass is 175 g/mol. The Kier molecular flexibility index (Phi) is 2.49. The summed E-state index contributed by atoms with van der Waals surface area (Å²) in [4.78, 5) is 15.1. The highest BCUT2D eigenvalue weighted by molar-refractivity contribution is 5.87. The third-order valence-corrected chi connectivity index (χ3v) is 1.42. The molecule has 1 rings (SSSR count). The molecule has 0 fully saturated rings. The molecule has 0 radical (unpaired) electrons. The fourth-order valence-corrected chi connectivity index (χ4v) is 0.894. The Morgan fingerprint density at radius 3 is 3.17 bits per heavy atom. The highest BCUT2D eigenvalue weighted by atomic mass is 16.9. The lowest BCUT2D eigenvalue weighted by molar-refractivity contribution is -0.731. The van der Waals surface area contributed by atoms with Crippen molar-refractivity contribution in [1.82, 2.24) is 0 Å². The quantitative estimate of drug-likeness (QED) is 0.421. The number of nitrogens with zero attached hydrogens (tertiary/aromatic N) is 1. The molecule has 6 nitrogen and oxygen atoms in total. The van der Waals surface area contributed by atoms with Crippen LogP contribution < -0.4 is 0 Å². The van der Waals surface area contributed by atoms with E-state index in [2.05, 4.69) is 9.57 Å². The van der Waals surface area contributed by atoms with Crippen LogP contribution in [0.1, 0.15) is 6.92 Å². The Morgan fingerprint density at radius 2 is 2.67 bits per heavy atom. The second-order valence-corrected chi connectivity index (χ2v) is 2.30. The van der Waals surface area contributed by atoms with Crippen LogP contribution in [0, 0.1) is 5.21 Å². The van der Waals surface area contributed by atoms with E-state index < -0.39 is 18.7 Å². The normalized spacial score (nSPS) is 22.3. The SMILES string of the molecule is CC(=O)OC1CO[N+]([O-])=C1CO. The van der Waals surface area contributed by atoms with Gasteiger partial charge in [0.2, 0.25) is 6.10 Å². The molecule has 0 aliphatic carbocycles. The number of carbonyl (C=O) groups is 1. The number of ether oxygens (including phenoxy) is 1. The molecule has 1 atom stereocenters. The zero-order valence-electron chi connectivity index (χ0n) is 6.52. The van der Waals surface area contributed by atoms with Crippen molar-refractivity contribution >= 4 is 11.7 Å². The Labute approximate surface area is 68.5 Å². The fraction of sp³-hybridized carbons (Fsp3) is 0.667. The Morgan fingerprint density at radius 1 is 2.00 bits per heavy atom. The van der Waals surface area contributed by atoms with E-state index in [9.17, 15) is 10.0 Å². The van der Waals surface area contributed by atoms with Crippen molar-refractivity contribution in [1.29, 1.82) is 0 Å². The summed E-state index contributed by atoms with van der Waals surface area (Å²) in [5, 5.41) is 19.4. The van der Waals surface area contributed by atoms with E-state index in [0.717, 1.165) is 0 Å². The molecule has 1 N–H and O–H groups in total. The van der Waals surface area contributed by atoms with Crippen molar-refractivity contribution in [2.24, 2.45) is 0 Å². The molecule has 6 heteroatoms. The van der Waals surface area contributed by atoms with Gasteiger partial charge in [0, 0.05) is 11.8 Å². The lowest BCUT2D eigenvalue weighted by Crippen LogP contribution is -2.29. The maximum absolute atomic E-state index is 10.7. The van der Waals surface area contributed by atoms with Crippen LogP contribution in [-0.2, 0) is 14.4 Å². The fourth-order valence-electron chi connectivity index (χ4n) is 0.894. The third-order valence-electron chi connectivity index (χ3n) is 1.42. The number of esters is 1. The minimum Gasteiger partial charge on any atom is -0.450 e. The number of carbonyl (C=O) groups excluding carboxylic acids is 1. The van der Waals surface area contributed by atoms with Gasteiger partial charge in [0.05, 0.1) is 0 Å². The predicted octanol–water partition coefficient (Wildman–Crippen LogP) is -1.19. The van der Waals surface area contributed by atoms with Gasteiger partial charge in [-0.3, -0.25) is 10.0 Å². The minimum atomic E-state index is -0.745. The number of rotatable bonds is 2. The van der Waals surface area contributed by atoms with E-state index in [4.69, 9.17) is 5.11 Å². The van der Waals surface area contributed by atoms with Crippen LogP contribution in [0.25, 0.3) is 0 Å². The van der Waals surface area contributed by atoms with Crippen LogP contribution in [0.4, 0.5) is 0 Å². The number of aliphatic hydroxyl groups excluding tert-OH is 1. The first-order valence-corrected chi connectivity index (χ1v) is 3.39. The van der Waals surface area contributed by atoms with Gasteiger partial charge in [-0.25, -0.2) is 0 Å². The average molecular weight is 175 g/mol.